The molecule has 0 heterocycles. The average Bonchev–Trinajstić information content (AvgIpc) is 2.69. The maximum atomic E-state index is 10.8. The van der Waals surface area contributed by atoms with Gasteiger partial charge in [-0.2, -0.15) is 0 Å². The van der Waals surface area contributed by atoms with E-state index < -0.39 is 0 Å². The average molecular weight is 424 g/mol. The zero-order chi connectivity index (χ0) is 22.9. The summed E-state index contributed by atoms with van der Waals surface area (Å²) in [6, 6.07) is 0. The first-order chi connectivity index (χ1) is 14.4. The Balaban J connectivity index is 0. The van der Waals surface area contributed by atoms with Crippen molar-refractivity contribution in [3.8, 4) is 0 Å². The van der Waals surface area contributed by atoms with Crippen molar-refractivity contribution in [2.75, 3.05) is 6.61 Å². The van der Waals surface area contributed by atoms with Crippen molar-refractivity contribution in [3.05, 3.63) is 24.5 Å². The molecule has 0 atom stereocenters. The van der Waals surface area contributed by atoms with Crippen LogP contribution in [0.4, 0.5) is 0 Å². The number of carbonyl (C=O) groups is 2. The number of rotatable bonds is 19. The molecule has 0 aliphatic carbocycles. The van der Waals surface area contributed by atoms with Crippen molar-refractivity contribution in [3.63, 3.8) is 0 Å². The molecule has 4 heteroatoms. The lowest BCUT2D eigenvalue weighted by molar-refractivity contribution is -0.301. The van der Waals surface area contributed by atoms with Gasteiger partial charge in [-0.3, -0.25) is 4.79 Å². The quantitative estimate of drug-likeness (QED) is 0.0989. The van der Waals surface area contributed by atoms with Gasteiger partial charge in [0, 0.05) is 6.08 Å². The molecule has 0 rings (SSSR count). The number of esters is 1. The Bertz CT molecular complexity index is 436. The van der Waals surface area contributed by atoms with E-state index in [2.05, 4.69) is 13.5 Å². The molecule has 176 valence electrons. The van der Waals surface area contributed by atoms with E-state index in [1.54, 1.807) is 0 Å². The van der Waals surface area contributed by atoms with Crippen molar-refractivity contribution in [2.24, 2.45) is 0 Å². The fraction of sp³-hybridized carbons (Fsp3) is 0.769. The first-order valence-electron chi connectivity index (χ1n) is 12.1. The number of allylic oxidation sites excluding steroid dienone is 2. The minimum absolute atomic E-state index is 0.187. The van der Waals surface area contributed by atoms with Crippen molar-refractivity contribution in [2.45, 2.75) is 124 Å². The van der Waals surface area contributed by atoms with Gasteiger partial charge in [0.25, 0.3) is 0 Å². The highest BCUT2D eigenvalue weighted by Gasteiger charge is 1.96. The van der Waals surface area contributed by atoms with Crippen molar-refractivity contribution in [1.29, 1.82) is 0 Å². The summed E-state index contributed by atoms with van der Waals surface area (Å²) in [6.45, 7) is 8.90. The minimum atomic E-state index is -0.300. The number of hydrogen-bond donors (Lipinski definition) is 0. The third-order valence-corrected chi connectivity index (χ3v) is 4.82. The molecule has 0 unspecified atom stereocenters. The van der Waals surface area contributed by atoms with Gasteiger partial charge in [-0.15, -0.1) is 5.76 Å². The fourth-order valence-corrected chi connectivity index (χ4v) is 3.17. The summed E-state index contributed by atoms with van der Waals surface area (Å²) in [5, 5.41) is 9.98. The molecule has 0 aromatic rings. The SMILES string of the molecule is C=CC(=O)OCCCCCCCCCCCCCCCCCC.CC(=O)C=C(C)[O-]. The van der Waals surface area contributed by atoms with Crippen LogP contribution in [-0.2, 0) is 14.3 Å². The zero-order valence-corrected chi connectivity index (χ0v) is 20.0. The Morgan fingerprint density at radius 1 is 0.733 bits per heavy atom. The molecular weight excluding hydrogens is 376 g/mol. The summed E-state index contributed by atoms with van der Waals surface area (Å²) in [5.74, 6) is -0.675. The van der Waals surface area contributed by atoms with Crippen LogP contribution in [0.1, 0.15) is 124 Å². The second-order valence-electron chi connectivity index (χ2n) is 8.04. The first-order valence-corrected chi connectivity index (χ1v) is 12.1. The number of ketones is 1. The topological polar surface area (TPSA) is 66.4 Å². The first kappa shape index (κ1) is 30.6. The van der Waals surface area contributed by atoms with Gasteiger partial charge in [-0.05, 0) is 19.4 Å². The third kappa shape index (κ3) is 31.1. The maximum Gasteiger partial charge on any atom is 0.330 e. The lowest BCUT2D eigenvalue weighted by atomic mass is 10.0. The van der Waals surface area contributed by atoms with E-state index >= 15 is 0 Å². The molecule has 4 nitrogen and oxygen atoms in total. The van der Waals surface area contributed by atoms with Crippen LogP contribution in [0.25, 0.3) is 0 Å². The molecule has 0 fully saturated rings. The van der Waals surface area contributed by atoms with Gasteiger partial charge in [0.15, 0.2) is 5.78 Å². The predicted molar refractivity (Wildman–Crippen MR) is 125 cm³/mol. The highest BCUT2D eigenvalue weighted by molar-refractivity contribution is 5.87. The zero-order valence-electron chi connectivity index (χ0n) is 20.0. The summed E-state index contributed by atoms with van der Waals surface area (Å²) in [5.41, 5.74) is 0. The van der Waals surface area contributed by atoms with E-state index in [1.165, 1.54) is 116 Å². The van der Waals surface area contributed by atoms with Crippen LogP contribution < -0.4 is 5.11 Å². The molecule has 0 saturated heterocycles. The van der Waals surface area contributed by atoms with E-state index in [1.807, 2.05) is 0 Å². The van der Waals surface area contributed by atoms with E-state index in [4.69, 9.17) is 4.74 Å². The van der Waals surface area contributed by atoms with Gasteiger partial charge in [0.1, 0.15) is 0 Å². The summed E-state index contributed by atoms with van der Waals surface area (Å²) >= 11 is 0. The Morgan fingerprint density at radius 2 is 1.10 bits per heavy atom. The van der Waals surface area contributed by atoms with E-state index in [9.17, 15) is 14.7 Å². The van der Waals surface area contributed by atoms with Gasteiger partial charge in [0.2, 0.25) is 0 Å². The lowest BCUT2D eigenvalue weighted by Crippen LogP contribution is -2.01. The van der Waals surface area contributed by atoms with E-state index in [-0.39, 0.29) is 17.5 Å². The number of hydrogen-bond acceptors (Lipinski definition) is 4. The standard InChI is InChI=1S/C21H40O2.C5H8O2/c1-3-5-6-7-8-9-10-11-12-13-14-15-16-17-18-19-20-23-21(22)4-2;1-4(6)3-5(2)7/h4H,2-3,5-20H2,1H3;3,6H,1-2H3/p-1. The second kappa shape index (κ2) is 25.5. The summed E-state index contributed by atoms with van der Waals surface area (Å²) in [7, 11) is 0. The van der Waals surface area contributed by atoms with Crippen LogP contribution in [0.3, 0.4) is 0 Å². The summed E-state index contributed by atoms with van der Waals surface area (Å²) in [4.78, 5) is 20.8. The lowest BCUT2D eigenvalue weighted by Gasteiger charge is -2.04. The van der Waals surface area contributed by atoms with Gasteiger partial charge in [0.05, 0.1) is 6.61 Å². The minimum Gasteiger partial charge on any atom is -0.876 e. The Morgan fingerprint density at radius 3 is 1.37 bits per heavy atom. The molecule has 0 radical (unpaired) electrons. The molecular formula is C26H47O4-. The molecule has 0 aromatic carbocycles. The van der Waals surface area contributed by atoms with Crippen LogP contribution >= 0.6 is 0 Å². The Hall–Kier alpha value is -1.58. The molecule has 0 aliphatic rings. The molecule has 0 aromatic heterocycles. The maximum absolute atomic E-state index is 10.8. The molecule has 0 saturated carbocycles. The number of unbranched alkanes of at least 4 members (excludes halogenated alkanes) is 15. The normalized spacial score (nSPS) is 10.8. The molecule has 0 N–H and O–H groups in total. The molecule has 0 bridgehead atoms. The van der Waals surface area contributed by atoms with Gasteiger partial charge in [-0.1, -0.05) is 117 Å². The smallest absolute Gasteiger partial charge is 0.330 e. The third-order valence-electron chi connectivity index (χ3n) is 4.82. The summed E-state index contributed by atoms with van der Waals surface area (Å²) < 4.78 is 4.95. The van der Waals surface area contributed by atoms with Gasteiger partial charge in [-0.25, -0.2) is 4.79 Å². The van der Waals surface area contributed by atoms with Crippen molar-refractivity contribution < 1.29 is 19.4 Å². The number of ether oxygens (including phenoxy) is 1. The van der Waals surface area contributed by atoms with Crippen LogP contribution in [0.2, 0.25) is 0 Å². The van der Waals surface area contributed by atoms with E-state index in [0.717, 1.165) is 12.5 Å². The summed E-state index contributed by atoms with van der Waals surface area (Å²) in [6.07, 6.45) is 24.0. The molecule has 30 heavy (non-hydrogen) atoms. The van der Waals surface area contributed by atoms with Gasteiger partial charge >= 0.3 is 5.97 Å². The predicted octanol–water partition coefficient (Wildman–Crippen LogP) is 6.82. The highest BCUT2D eigenvalue weighted by Crippen LogP contribution is 2.13. The van der Waals surface area contributed by atoms with Crippen LogP contribution in [0.5, 0.6) is 0 Å². The second-order valence-corrected chi connectivity index (χ2v) is 8.04. The van der Waals surface area contributed by atoms with Crippen LogP contribution in [0.15, 0.2) is 24.5 Å². The van der Waals surface area contributed by atoms with Crippen molar-refractivity contribution >= 4 is 11.8 Å². The molecule has 0 amide bonds. The monoisotopic (exact) mass is 423 g/mol. The molecule has 0 aliphatic heterocycles. The highest BCUT2D eigenvalue weighted by atomic mass is 16.5. The van der Waals surface area contributed by atoms with Crippen LogP contribution in [0, 0.1) is 0 Å². The van der Waals surface area contributed by atoms with Crippen molar-refractivity contribution in [1.82, 2.24) is 0 Å². The number of carbonyl (C=O) groups excluding carboxylic acids is 2. The van der Waals surface area contributed by atoms with Gasteiger partial charge < -0.3 is 9.84 Å². The Kier molecular flexibility index (Phi) is 26.0. The largest absolute Gasteiger partial charge is 0.876 e. The van der Waals surface area contributed by atoms with E-state index in [0.29, 0.717) is 6.61 Å². The van der Waals surface area contributed by atoms with Crippen LogP contribution in [-0.4, -0.2) is 18.4 Å². The fourth-order valence-electron chi connectivity index (χ4n) is 3.17. The Labute approximate surface area is 186 Å². The molecule has 0 spiro atoms.